The maximum Gasteiger partial charge on any atom is 0.241 e. The summed E-state index contributed by atoms with van der Waals surface area (Å²) in [4.78, 5) is 0.236. The van der Waals surface area contributed by atoms with Crippen molar-refractivity contribution >= 4 is 26.0 Å². The lowest BCUT2D eigenvalue weighted by Crippen LogP contribution is -2.49. The minimum atomic E-state index is -3.52. The van der Waals surface area contributed by atoms with Crippen LogP contribution in [0.3, 0.4) is 0 Å². The SMILES string of the molecule is CCC(N)(CC)CNS(=O)(=O)c1ccccc1Br. The first kappa shape index (κ1) is 15.6. The molecule has 0 atom stereocenters. The number of hydrogen-bond donors (Lipinski definition) is 2. The van der Waals surface area contributed by atoms with Crippen LogP contribution in [-0.4, -0.2) is 20.5 Å². The first-order valence-electron chi connectivity index (χ1n) is 5.88. The molecule has 0 aliphatic carbocycles. The van der Waals surface area contributed by atoms with Gasteiger partial charge in [-0.3, -0.25) is 0 Å². The van der Waals surface area contributed by atoms with Crippen LogP contribution in [0.25, 0.3) is 0 Å². The Balaban J connectivity index is 2.88. The molecule has 0 unspecified atom stereocenters. The Kier molecular flexibility index (Phi) is 5.33. The summed E-state index contributed by atoms with van der Waals surface area (Å²) in [5.74, 6) is 0. The Labute approximate surface area is 117 Å². The van der Waals surface area contributed by atoms with E-state index < -0.39 is 15.6 Å². The highest BCUT2D eigenvalue weighted by molar-refractivity contribution is 9.10. The molecule has 3 N–H and O–H groups in total. The molecule has 0 aromatic heterocycles. The highest BCUT2D eigenvalue weighted by Gasteiger charge is 2.24. The number of nitrogens with two attached hydrogens (primary N) is 1. The van der Waals surface area contributed by atoms with Crippen molar-refractivity contribution in [3.05, 3.63) is 28.7 Å². The standard InChI is InChI=1S/C12H19BrN2O2S/c1-3-12(14,4-2)9-15-18(16,17)11-8-6-5-7-10(11)13/h5-8,15H,3-4,9,14H2,1-2H3. The van der Waals surface area contributed by atoms with Gasteiger partial charge < -0.3 is 5.73 Å². The number of nitrogens with one attached hydrogen (secondary N) is 1. The molecule has 1 aromatic rings. The van der Waals surface area contributed by atoms with Gasteiger partial charge in [-0.1, -0.05) is 26.0 Å². The zero-order valence-electron chi connectivity index (χ0n) is 10.6. The van der Waals surface area contributed by atoms with Gasteiger partial charge in [-0.15, -0.1) is 0 Å². The lowest BCUT2D eigenvalue weighted by molar-refractivity contribution is 0.391. The van der Waals surface area contributed by atoms with E-state index in [9.17, 15) is 8.42 Å². The van der Waals surface area contributed by atoms with Gasteiger partial charge in [-0.05, 0) is 40.9 Å². The van der Waals surface area contributed by atoms with Crippen LogP contribution >= 0.6 is 15.9 Å². The van der Waals surface area contributed by atoms with E-state index in [1.807, 2.05) is 13.8 Å². The van der Waals surface area contributed by atoms with Gasteiger partial charge in [-0.2, -0.15) is 0 Å². The molecule has 1 rings (SSSR count). The Bertz CT molecular complexity index is 499. The van der Waals surface area contributed by atoms with Crippen LogP contribution in [0.15, 0.2) is 33.6 Å². The molecule has 0 aliphatic rings. The van der Waals surface area contributed by atoms with Gasteiger partial charge in [0.2, 0.25) is 10.0 Å². The van der Waals surface area contributed by atoms with Gasteiger partial charge in [0.25, 0.3) is 0 Å². The second-order valence-corrected chi connectivity index (χ2v) is 6.91. The van der Waals surface area contributed by atoms with E-state index in [-0.39, 0.29) is 11.4 Å². The van der Waals surface area contributed by atoms with Crippen LogP contribution in [0, 0.1) is 0 Å². The third-order valence-corrected chi connectivity index (χ3v) is 5.56. The molecule has 0 saturated carbocycles. The summed E-state index contributed by atoms with van der Waals surface area (Å²) >= 11 is 3.24. The number of benzene rings is 1. The van der Waals surface area contributed by atoms with Crippen molar-refractivity contribution < 1.29 is 8.42 Å². The molecule has 0 fully saturated rings. The Morgan fingerprint density at radius 3 is 2.33 bits per heavy atom. The maximum absolute atomic E-state index is 12.1. The van der Waals surface area contributed by atoms with Gasteiger partial charge in [0.1, 0.15) is 0 Å². The van der Waals surface area contributed by atoms with E-state index in [0.717, 1.165) is 12.8 Å². The summed E-state index contributed by atoms with van der Waals surface area (Å²) in [6.45, 7) is 4.15. The summed E-state index contributed by atoms with van der Waals surface area (Å²) in [7, 11) is -3.52. The molecular formula is C12H19BrN2O2S. The van der Waals surface area contributed by atoms with Gasteiger partial charge in [0, 0.05) is 16.6 Å². The number of hydrogen-bond acceptors (Lipinski definition) is 3. The molecule has 0 spiro atoms. The van der Waals surface area contributed by atoms with Crippen molar-refractivity contribution in [2.24, 2.45) is 5.73 Å². The minimum Gasteiger partial charge on any atom is -0.324 e. The van der Waals surface area contributed by atoms with Crippen LogP contribution in [0.2, 0.25) is 0 Å². The average Bonchev–Trinajstić information content (AvgIpc) is 2.36. The highest BCUT2D eigenvalue weighted by atomic mass is 79.9. The van der Waals surface area contributed by atoms with E-state index in [0.29, 0.717) is 4.47 Å². The van der Waals surface area contributed by atoms with Crippen LogP contribution in [0.1, 0.15) is 26.7 Å². The van der Waals surface area contributed by atoms with E-state index >= 15 is 0 Å². The molecule has 0 saturated heterocycles. The Morgan fingerprint density at radius 1 is 1.28 bits per heavy atom. The smallest absolute Gasteiger partial charge is 0.241 e. The fourth-order valence-corrected chi connectivity index (χ4v) is 3.62. The molecule has 18 heavy (non-hydrogen) atoms. The molecule has 0 aliphatic heterocycles. The molecular weight excluding hydrogens is 316 g/mol. The van der Waals surface area contributed by atoms with E-state index in [1.54, 1.807) is 24.3 Å². The van der Waals surface area contributed by atoms with Crippen LogP contribution < -0.4 is 10.5 Å². The monoisotopic (exact) mass is 334 g/mol. The van der Waals surface area contributed by atoms with Crippen molar-refractivity contribution in [1.29, 1.82) is 0 Å². The second kappa shape index (κ2) is 6.14. The van der Waals surface area contributed by atoms with E-state index in [1.165, 1.54) is 0 Å². The Hall–Kier alpha value is -0.430. The van der Waals surface area contributed by atoms with E-state index in [2.05, 4.69) is 20.7 Å². The molecule has 102 valence electrons. The third-order valence-electron chi connectivity index (χ3n) is 3.15. The van der Waals surface area contributed by atoms with Crippen LogP contribution in [0.4, 0.5) is 0 Å². The number of halogens is 1. The van der Waals surface area contributed by atoms with Crippen molar-refractivity contribution in [2.75, 3.05) is 6.54 Å². The van der Waals surface area contributed by atoms with Gasteiger partial charge in [0.15, 0.2) is 0 Å². The van der Waals surface area contributed by atoms with Crippen molar-refractivity contribution in [1.82, 2.24) is 4.72 Å². The fourth-order valence-electron chi connectivity index (χ4n) is 1.48. The van der Waals surface area contributed by atoms with Crippen molar-refractivity contribution in [2.45, 2.75) is 37.1 Å². The van der Waals surface area contributed by atoms with Gasteiger partial charge in [0.05, 0.1) is 4.90 Å². The van der Waals surface area contributed by atoms with Crippen molar-refractivity contribution in [3.8, 4) is 0 Å². The lowest BCUT2D eigenvalue weighted by Gasteiger charge is -2.26. The fraction of sp³-hybridized carbons (Fsp3) is 0.500. The molecule has 0 radical (unpaired) electrons. The molecule has 0 amide bonds. The molecule has 1 aromatic carbocycles. The normalized spacial score (nSPS) is 12.7. The predicted octanol–water partition coefficient (Wildman–Crippen LogP) is 2.24. The molecule has 0 heterocycles. The summed E-state index contributed by atoms with van der Waals surface area (Å²) < 4.78 is 27.4. The largest absolute Gasteiger partial charge is 0.324 e. The Morgan fingerprint density at radius 2 is 1.83 bits per heavy atom. The topological polar surface area (TPSA) is 72.2 Å². The first-order valence-corrected chi connectivity index (χ1v) is 8.15. The van der Waals surface area contributed by atoms with Gasteiger partial charge >= 0.3 is 0 Å². The molecule has 6 heteroatoms. The summed E-state index contributed by atoms with van der Waals surface area (Å²) in [6, 6.07) is 6.72. The third kappa shape index (κ3) is 3.78. The second-order valence-electron chi connectivity index (χ2n) is 4.32. The lowest BCUT2D eigenvalue weighted by atomic mass is 9.95. The van der Waals surface area contributed by atoms with Crippen molar-refractivity contribution in [3.63, 3.8) is 0 Å². The predicted molar refractivity (Wildman–Crippen MR) is 76.8 cm³/mol. The minimum absolute atomic E-state index is 0.236. The molecule has 0 bridgehead atoms. The zero-order chi connectivity index (χ0) is 13.8. The first-order chi connectivity index (χ1) is 8.34. The van der Waals surface area contributed by atoms with Crippen LogP contribution in [-0.2, 0) is 10.0 Å². The molecule has 4 nitrogen and oxygen atoms in total. The number of rotatable bonds is 6. The van der Waals surface area contributed by atoms with E-state index in [4.69, 9.17) is 5.73 Å². The highest BCUT2D eigenvalue weighted by Crippen LogP contribution is 2.21. The number of sulfonamides is 1. The van der Waals surface area contributed by atoms with Gasteiger partial charge in [-0.25, -0.2) is 13.1 Å². The summed E-state index contributed by atoms with van der Waals surface area (Å²) in [5.41, 5.74) is 5.59. The van der Waals surface area contributed by atoms with Crippen LogP contribution in [0.5, 0.6) is 0 Å². The quantitative estimate of drug-likeness (QED) is 0.837. The summed E-state index contributed by atoms with van der Waals surface area (Å²) in [6.07, 6.45) is 1.45. The zero-order valence-corrected chi connectivity index (χ0v) is 13.0. The maximum atomic E-state index is 12.1. The summed E-state index contributed by atoms with van der Waals surface area (Å²) in [5, 5.41) is 0. The average molecular weight is 335 g/mol.